The van der Waals surface area contributed by atoms with Gasteiger partial charge in [0.2, 0.25) is 12.0 Å². The fourth-order valence-corrected chi connectivity index (χ4v) is 2.48. The molecule has 6 nitrogen and oxygen atoms in total. The largest absolute Gasteiger partial charge is 0.482 e. The van der Waals surface area contributed by atoms with Gasteiger partial charge in [-0.1, -0.05) is 24.3 Å². The van der Waals surface area contributed by atoms with Crippen molar-refractivity contribution in [3.8, 4) is 11.5 Å². The predicted molar refractivity (Wildman–Crippen MR) is 87.8 cm³/mol. The third-order valence-electron chi connectivity index (χ3n) is 3.81. The Morgan fingerprint density at radius 3 is 2.29 bits per heavy atom. The van der Waals surface area contributed by atoms with E-state index in [1.807, 2.05) is 12.1 Å². The number of hydrogen-bond acceptors (Lipinski definition) is 4. The molecule has 3 rings (SSSR count). The monoisotopic (exact) mass is 326 g/mol. The van der Waals surface area contributed by atoms with E-state index in [2.05, 4.69) is 5.32 Å². The zero-order chi connectivity index (χ0) is 17.1. The summed E-state index contributed by atoms with van der Waals surface area (Å²) in [5.41, 5.74) is 6.49. The highest BCUT2D eigenvalue weighted by atomic mass is 16.6. The summed E-state index contributed by atoms with van der Waals surface area (Å²) in [6.45, 7) is 2.12. The molecule has 0 saturated carbocycles. The van der Waals surface area contributed by atoms with Gasteiger partial charge < -0.3 is 20.5 Å². The summed E-state index contributed by atoms with van der Waals surface area (Å²) in [4.78, 5) is 23.4. The van der Waals surface area contributed by atoms with Crippen LogP contribution >= 0.6 is 0 Å². The van der Waals surface area contributed by atoms with Gasteiger partial charge in [-0.15, -0.1) is 0 Å². The van der Waals surface area contributed by atoms with Crippen LogP contribution in [0.25, 0.3) is 0 Å². The van der Waals surface area contributed by atoms with E-state index in [9.17, 15) is 9.59 Å². The van der Waals surface area contributed by atoms with Crippen molar-refractivity contribution in [2.45, 2.75) is 25.7 Å². The summed E-state index contributed by atoms with van der Waals surface area (Å²) >= 11 is 0. The first kappa shape index (κ1) is 15.9. The number of para-hydroxylation sites is 2. The first-order chi connectivity index (χ1) is 11.5. The molecule has 0 radical (unpaired) electrons. The van der Waals surface area contributed by atoms with Crippen molar-refractivity contribution in [2.75, 3.05) is 0 Å². The molecular formula is C18H18N2O4. The second-order valence-electron chi connectivity index (χ2n) is 5.59. The van der Waals surface area contributed by atoms with Gasteiger partial charge in [0.1, 0.15) is 6.10 Å². The van der Waals surface area contributed by atoms with E-state index >= 15 is 0 Å². The number of ether oxygens (including phenoxy) is 2. The van der Waals surface area contributed by atoms with Crippen molar-refractivity contribution >= 4 is 11.8 Å². The molecule has 1 aliphatic rings. The minimum atomic E-state index is -0.718. The van der Waals surface area contributed by atoms with Gasteiger partial charge in [0.15, 0.2) is 11.5 Å². The van der Waals surface area contributed by atoms with Gasteiger partial charge in [-0.2, -0.15) is 0 Å². The molecule has 2 aromatic carbocycles. The van der Waals surface area contributed by atoms with Crippen molar-refractivity contribution in [1.82, 2.24) is 5.32 Å². The van der Waals surface area contributed by atoms with Crippen LogP contribution in [0.4, 0.5) is 0 Å². The number of fused-ring (bicyclic) bond motifs is 1. The van der Waals surface area contributed by atoms with Crippen molar-refractivity contribution in [3.05, 3.63) is 59.7 Å². The van der Waals surface area contributed by atoms with Crippen LogP contribution in [0.1, 0.15) is 22.8 Å². The number of nitrogens with two attached hydrogens (primary N) is 1. The van der Waals surface area contributed by atoms with Crippen LogP contribution in [0.15, 0.2) is 48.5 Å². The summed E-state index contributed by atoms with van der Waals surface area (Å²) in [6, 6.07) is 14.0. The topological polar surface area (TPSA) is 90.7 Å². The van der Waals surface area contributed by atoms with E-state index in [1.165, 1.54) is 0 Å². The Hall–Kier alpha value is -3.02. The van der Waals surface area contributed by atoms with Gasteiger partial charge >= 0.3 is 0 Å². The summed E-state index contributed by atoms with van der Waals surface area (Å²) in [7, 11) is 0. The Kier molecular flexibility index (Phi) is 4.37. The predicted octanol–water partition coefficient (Wildman–Crippen LogP) is 1.63. The molecule has 6 heteroatoms. The Morgan fingerprint density at radius 1 is 1.04 bits per heavy atom. The second kappa shape index (κ2) is 6.62. The van der Waals surface area contributed by atoms with Crippen LogP contribution in [0.3, 0.4) is 0 Å². The first-order valence-corrected chi connectivity index (χ1v) is 7.63. The fourth-order valence-electron chi connectivity index (χ4n) is 2.48. The molecule has 0 aromatic heterocycles. The highest BCUT2D eigenvalue weighted by Crippen LogP contribution is 2.33. The SMILES string of the molecule is C[C@H]1Oc2ccccc2O[C@H]1C(=O)NCc1ccc(C(N)=O)cc1. The van der Waals surface area contributed by atoms with E-state index in [-0.39, 0.29) is 5.91 Å². The van der Waals surface area contributed by atoms with Gasteiger partial charge in [-0.25, -0.2) is 0 Å². The quantitative estimate of drug-likeness (QED) is 0.893. The Bertz CT molecular complexity index is 758. The minimum absolute atomic E-state index is 0.254. The number of carbonyl (C=O) groups is 2. The van der Waals surface area contributed by atoms with Gasteiger partial charge in [0.25, 0.3) is 5.91 Å². The Labute approximate surface area is 139 Å². The third-order valence-corrected chi connectivity index (χ3v) is 3.81. The molecule has 1 aliphatic heterocycles. The normalized spacial score (nSPS) is 18.7. The number of rotatable bonds is 4. The van der Waals surface area contributed by atoms with Crippen molar-refractivity contribution in [1.29, 1.82) is 0 Å². The van der Waals surface area contributed by atoms with Gasteiger partial charge in [-0.05, 0) is 36.8 Å². The summed E-state index contributed by atoms with van der Waals surface area (Å²) in [6.07, 6.45) is -1.11. The average Bonchev–Trinajstić information content (AvgIpc) is 2.59. The molecule has 3 N–H and O–H groups in total. The van der Waals surface area contributed by atoms with Crippen LogP contribution in [0.2, 0.25) is 0 Å². The first-order valence-electron chi connectivity index (χ1n) is 7.63. The van der Waals surface area contributed by atoms with E-state index < -0.39 is 18.1 Å². The maximum Gasteiger partial charge on any atom is 0.265 e. The molecule has 0 saturated heterocycles. The molecule has 24 heavy (non-hydrogen) atoms. The molecule has 2 atom stereocenters. The lowest BCUT2D eigenvalue weighted by molar-refractivity contribution is -0.133. The highest BCUT2D eigenvalue weighted by Gasteiger charge is 2.33. The lowest BCUT2D eigenvalue weighted by Crippen LogP contribution is -2.48. The smallest absolute Gasteiger partial charge is 0.265 e. The molecule has 124 valence electrons. The van der Waals surface area contributed by atoms with Gasteiger partial charge in [-0.3, -0.25) is 9.59 Å². The molecule has 0 fully saturated rings. The summed E-state index contributed by atoms with van der Waals surface area (Å²) < 4.78 is 11.5. The number of amides is 2. The fraction of sp³-hybridized carbons (Fsp3) is 0.222. The van der Waals surface area contributed by atoms with Crippen LogP contribution in [-0.2, 0) is 11.3 Å². The lowest BCUT2D eigenvalue weighted by Gasteiger charge is -2.31. The van der Waals surface area contributed by atoms with Gasteiger partial charge in [0, 0.05) is 12.1 Å². The molecule has 0 aliphatic carbocycles. The molecule has 1 heterocycles. The number of hydrogen-bond donors (Lipinski definition) is 2. The van der Waals surface area contributed by atoms with Crippen molar-refractivity contribution in [3.63, 3.8) is 0 Å². The minimum Gasteiger partial charge on any atom is -0.482 e. The third kappa shape index (κ3) is 3.32. The number of nitrogens with one attached hydrogen (secondary N) is 1. The van der Waals surface area contributed by atoms with Crippen molar-refractivity contribution < 1.29 is 19.1 Å². The Balaban J connectivity index is 1.62. The number of carbonyl (C=O) groups excluding carboxylic acids is 2. The summed E-state index contributed by atoms with van der Waals surface area (Å²) in [5, 5.41) is 2.82. The van der Waals surface area contributed by atoms with Crippen LogP contribution < -0.4 is 20.5 Å². The van der Waals surface area contributed by atoms with E-state index in [0.717, 1.165) is 5.56 Å². The maximum absolute atomic E-state index is 12.4. The average molecular weight is 326 g/mol. The van der Waals surface area contributed by atoms with Crippen LogP contribution in [0, 0.1) is 0 Å². The van der Waals surface area contributed by atoms with Crippen LogP contribution in [0.5, 0.6) is 11.5 Å². The van der Waals surface area contributed by atoms with E-state index in [4.69, 9.17) is 15.2 Å². The van der Waals surface area contributed by atoms with E-state index in [1.54, 1.807) is 43.3 Å². The number of benzene rings is 2. The zero-order valence-corrected chi connectivity index (χ0v) is 13.2. The second-order valence-corrected chi connectivity index (χ2v) is 5.59. The summed E-state index contributed by atoms with van der Waals surface area (Å²) in [5.74, 6) is 0.458. The maximum atomic E-state index is 12.4. The molecule has 0 bridgehead atoms. The highest BCUT2D eigenvalue weighted by molar-refractivity contribution is 5.92. The lowest BCUT2D eigenvalue weighted by atomic mass is 10.1. The zero-order valence-electron chi connectivity index (χ0n) is 13.2. The molecule has 0 unspecified atom stereocenters. The van der Waals surface area contributed by atoms with E-state index in [0.29, 0.717) is 23.6 Å². The molecule has 2 amide bonds. The van der Waals surface area contributed by atoms with Crippen LogP contribution in [-0.4, -0.2) is 24.0 Å². The molecule has 2 aromatic rings. The number of primary amides is 1. The Morgan fingerprint density at radius 2 is 1.67 bits per heavy atom. The van der Waals surface area contributed by atoms with Gasteiger partial charge in [0.05, 0.1) is 0 Å². The molecular weight excluding hydrogens is 308 g/mol. The standard InChI is InChI=1S/C18H18N2O4/c1-11-16(24-15-5-3-2-4-14(15)23-11)18(22)20-10-12-6-8-13(9-7-12)17(19)21/h2-9,11,16H,10H2,1H3,(H2,19,21)(H,20,22)/t11-,16-/m1/s1. The molecule has 0 spiro atoms. The van der Waals surface area contributed by atoms with Crippen molar-refractivity contribution in [2.24, 2.45) is 5.73 Å².